The molecule has 4 nitrogen and oxygen atoms in total. The lowest BCUT2D eigenvalue weighted by molar-refractivity contribution is 0.310. The topological polar surface area (TPSA) is 46.6 Å². The van der Waals surface area contributed by atoms with Crippen LogP contribution in [0.15, 0.2) is 47.4 Å². The molecule has 0 bridgehead atoms. The molecule has 0 spiro atoms. The average molecular weight is 367 g/mol. The molecule has 7 heteroatoms. The highest BCUT2D eigenvalue weighted by molar-refractivity contribution is 7.89. The van der Waals surface area contributed by atoms with Crippen LogP contribution in [-0.4, -0.2) is 32.9 Å². The Morgan fingerprint density at radius 2 is 1.60 bits per heavy atom. The second kappa shape index (κ2) is 7.09. The van der Waals surface area contributed by atoms with E-state index in [2.05, 4.69) is 0 Å². The van der Waals surface area contributed by atoms with Crippen LogP contribution in [0.2, 0.25) is 0 Å². The van der Waals surface area contributed by atoms with Crippen LogP contribution in [0.25, 0.3) is 0 Å². The molecule has 0 saturated carbocycles. The standard InChI is InChI=1S/C18H19F2NO3S/c1-24-17-8-3-2-5-14(17)13-9-11-21(12-10-13)25(22,23)18-15(19)6-4-7-16(18)20/h2-8,13H,9-12H2,1H3. The maximum Gasteiger partial charge on any atom is 0.248 e. The second-order valence-corrected chi connectivity index (χ2v) is 7.85. The summed E-state index contributed by atoms with van der Waals surface area (Å²) in [4.78, 5) is -0.870. The first-order chi connectivity index (χ1) is 11.9. The van der Waals surface area contributed by atoms with Crippen LogP contribution in [0.5, 0.6) is 5.75 Å². The summed E-state index contributed by atoms with van der Waals surface area (Å²) in [7, 11) is -2.60. The molecule has 0 amide bonds. The zero-order chi connectivity index (χ0) is 18.0. The van der Waals surface area contributed by atoms with Crippen molar-refractivity contribution < 1.29 is 21.9 Å². The predicted octanol–water partition coefficient (Wildman–Crippen LogP) is 3.54. The van der Waals surface area contributed by atoms with Gasteiger partial charge in [0.15, 0.2) is 4.90 Å². The number of hydrogen-bond acceptors (Lipinski definition) is 3. The molecule has 1 aliphatic heterocycles. The Hall–Kier alpha value is -1.99. The maximum atomic E-state index is 13.9. The van der Waals surface area contributed by atoms with Gasteiger partial charge in [-0.3, -0.25) is 0 Å². The Bertz CT molecular complexity index is 842. The summed E-state index contributed by atoms with van der Waals surface area (Å²) in [5.74, 6) is -1.21. The van der Waals surface area contributed by atoms with E-state index < -0.39 is 26.6 Å². The lowest BCUT2D eigenvalue weighted by atomic mass is 9.89. The van der Waals surface area contributed by atoms with Crippen LogP contribution in [0.4, 0.5) is 8.78 Å². The SMILES string of the molecule is COc1ccccc1C1CCN(S(=O)(=O)c2c(F)cccc2F)CC1. The number of piperidine rings is 1. The Morgan fingerprint density at radius 1 is 1.00 bits per heavy atom. The maximum absolute atomic E-state index is 13.9. The van der Waals surface area contributed by atoms with Gasteiger partial charge >= 0.3 is 0 Å². The zero-order valence-electron chi connectivity index (χ0n) is 13.8. The summed E-state index contributed by atoms with van der Waals surface area (Å²) in [6.07, 6.45) is 1.13. The molecule has 1 aliphatic rings. The van der Waals surface area contributed by atoms with Gasteiger partial charge in [-0.25, -0.2) is 17.2 Å². The summed E-state index contributed by atoms with van der Waals surface area (Å²) in [5.41, 5.74) is 1.03. The average Bonchev–Trinajstić information content (AvgIpc) is 2.61. The van der Waals surface area contributed by atoms with Crippen LogP contribution >= 0.6 is 0 Å². The van der Waals surface area contributed by atoms with Crippen molar-refractivity contribution in [3.8, 4) is 5.75 Å². The monoisotopic (exact) mass is 367 g/mol. The Morgan fingerprint density at radius 3 is 2.20 bits per heavy atom. The number of ether oxygens (including phenoxy) is 1. The molecule has 0 unspecified atom stereocenters. The minimum atomic E-state index is -4.19. The Balaban J connectivity index is 1.80. The van der Waals surface area contributed by atoms with Gasteiger partial charge in [0.2, 0.25) is 10.0 Å². The van der Waals surface area contributed by atoms with Crippen LogP contribution in [0.3, 0.4) is 0 Å². The van der Waals surface area contributed by atoms with Crippen LogP contribution in [0, 0.1) is 11.6 Å². The highest BCUT2D eigenvalue weighted by atomic mass is 32.2. The van der Waals surface area contributed by atoms with Crippen LogP contribution in [-0.2, 0) is 10.0 Å². The van der Waals surface area contributed by atoms with Gasteiger partial charge in [-0.2, -0.15) is 4.31 Å². The van der Waals surface area contributed by atoms with E-state index in [-0.39, 0.29) is 19.0 Å². The number of hydrogen-bond donors (Lipinski definition) is 0. The Labute approximate surface area is 146 Å². The molecule has 0 aliphatic carbocycles. The van der Waals surface area contributed by atoms with Gasteiger partial charge in [-0.1, -0.05) is 24.3 Å². The van der Waals surface area contributed by atoms with Crippen molar-refractivity contribution in [2.75, 3.05) is 20.2 Å². The third-order valence-corrected chi connectivity index (χ3v) is 6.50. The van der Waals surface area contributed by atoms with Crippen molar-refractivity contribution in [1.82, 2.24) is 4.31 Å². The van der Waals surface area contributed by atoms with Gasteiger partial charge in [0.05, 0.1) is 7.11 Å². The first-order valence-electron chi connectivity index (χ1n) is 8.02. The van der Waals surface area contributed by atoms with E-state index in [0.29, 0.717) is 12.8 Å². The normalized spacial score (nSPS) is 16.8. The van der Waals surface area contributed by atoms with Gasteiger partial charge in [-0.15, -0.1) is 0 Å². The number of benzene rings is 2. The molecule has 3 rings (SSSR count). The molecule has 2 aromatic carbocycles. The molecule has 2 aromatic rings. The summed E-state index contributed by atoms with van der Waals surface area (Å²) in [5, 5.41) is 0. The van der Waals surface area contributed by atoms with Crippen LogP contribution in [0.1, 0.15) is 24.3 Å². The number of nitrogens with zero attached hydrogens (tertiary/aromatic N) is 1. The summed E-state index contributed by atoms with van der Waals surface area (Å²) >= 11 is 0. The molecule has 1 fully saturated rings. The molecule has 1 saturated heterocycles. The molecular formula is C18H19F2NO3S. The lowest BCUT2D eigenvalue weighted by Gasteiger charge is -2.32. The summed E-state index contributed by atoms with van der Waals surface area (Å²) < 4.78 is 59.5. The molecule has 0 atom stereocenters. The lowest BCUT2D eigenvalue weighted by Crippen LogP contribution is -2.38. The van der Waals surface area contributed by atoms with Crippen molar-refractivity contribution in [2.45, 2.75) is 23.7 Å². The van der Waals surface area contributed by atoms with Crippen molar-refractivity contribution >= 4 is 10.0 Å². The molecule has 0 N–H and O–H groups in total. The number of para-hydroxylation sites is 1. The molecule has 0 aromatic heterocycles. The number of sulfonamides is 1. The third-order valence-electron chi connectivity index (χ3n) is 4.55. The van der Waals surface area contributed by atoms with Gasteiger partial charge < -0.3 is 4.74 Å². The highest BCUT2D eigenvalue weighted by Crippen LogP contribution is 2.36. The van der Waals surface area contributed by atoms with Gasteiger partial charge in [0.1, 0.15) is 17.4 Å². The van der Waals surface area contributed by atoms with Crippen LogP contribution < -0.4 is 4.74 Å². The largest absolute Gasteiger partial charge is 0.496 e. The highest BCUT2D eigenvalue weighted by Gasteiger charge is 2.34. The smallest absolute Gasteiger partial charge is 0.248 e. The van der Waals surface area contributed by atoms with E-state index in [0.717, 1.165) is 33.8 Å². The van der Waals surface area contributed by atoms with E-state index in [1.807, 2.05) is 24.3 Å². The first kappa shape index (κ1) is 17.8. The Kier molecular flexibility index (Phi) is 5.06. The van der Waals surface area contributed by atoms with Gasteiger partial charge in [0.25, 0.3) is 0 Å². The number of methoxy groups -OCH3 is 1. The van der Waals surface area contributed by atoms with Crippen molar-refractivity contribution in [3.05, 3.63) is 59.7 Å². The minimum absolute atomic E-state index is 0.146. The van der Waals surface area contributed by atoms with Crippen molar-refractivity contribution in [2.24, 2.45) is 0 Å². The van der Waals surface area contributed by atoms with Crippen molar-refractivity contribution in [3.63, 3.8) is 0 Å². The van der Waals surface area contributed by atoms with Gasteiger partial charge in [0, 0.05) is 13.1 Å². The minimum Gasteiger partial charge on any atom is -0.496 e. The fourth-order valence-corrected chi connectivity index (χ4v) is 4.85. The molecule has 25 heavy (non-hydrogen) atoms. The van der Waals surface area contributed by atoms with Crippen molar-refractivity contribution in [1.29, 1.82) is 0 Å². The number of halogens is 2. The first-order valence-corrected chi connectivity index (χ1v) is 9.46. The zero-order valence-corrected chi connectivity index (χ0v) is 14.6. The molecule has 1 heterocycles. The van der Waals surface area contributed by atoms with Gasteiger partial charge in [-0.05, 0) is 42.5 Å². The van der Waals surface area contributed by atoms with E-state index in [9.17, 15) is 17.2 Å². The van der Waals surface area contributed by atoms with E-state index in [1.54, 1.807) is 7.11 Å². The second-order valence-electron chi connectivity index (χ2n) is 5.97. The number of rotatable bonds is 4. The van der Waals surface area contributed by atoms with E-state index >= 15 is 0 Å². The molecular weight excluding hydrogens is 348 g/mol. The van der Waals surface area contributed by atoms with E-state index in [4.69, 9.17) is 4.74 Å². The van der Waals surface area contributed by atoms with E-state index in [1.165, 1.54) is 0 Å². The fraction of sp³-hybridized carbons (Fsp3) is 0.333. The summed E-state index contributed by atoms with van der Waals surface area (Å²) in [6, 6.07) is 10.7. The quantitative estimate of drug-likeness (QED) is 0.830. The summed E-state index contributed by atoms with van der Waals surface area (Å²) in [6.45, 7) is 0.414. The predicted molar refractivity (Wildman–Crippen MR) is 90.1 cm³/mol. The molecule has 134 valence electrons. The fourth-order valence-electron chi connectivity index (χ4n) is 3.27. The molecule has 0 radical (unpaired) electrons. The third kappa shape index (κ3) is 3.39.